The molecule has 2 aromatic carbocycles. The highest BCUT2D eigenvalue weighted by molar-refractivity contribution is 7.98. The standard InChI is InChI=1S/C31H45N3O4S/c1-21-14-13-17-24(22(21)2)26(27(35)32-20-23-15-11-10-12-16-23)34(30(3,4)5)28(36)25(18-19-39-9)33-29(37)38-31(6,7)8/h10-17,25-26H,18-20H2,1-9H3,(H,32,35)(H,33,37). The van der Waals surface area contributed by atoms with Gasteiger partial charge in [0.1, 0.15) is 17.7 Å². The van der Waals surface area contributed by atoms with Crippen molar-refractivity contribution in [3.8, 4) is 0 Å². The Balaban J connectivity index is 2.56. The van der Waals surface area contributed by atoms with E-state index in [0.717, 1.165) is 22.3 Å². The quantitative estimate of drug-likeness (QED) is 0.379. The molecule has 0 spiro atoms. The number of aryl methyl sites for hydroxylation is 1. The summed E-state index contributed by atoms with van der Waals surface area (Å²) >= 11 is 1.59. The fourth-order valence-electron chi connectivity index (χ4n) is 4.31. The summed E-state index contributed by atoms with van der Waals surface area (Å²) in [6.45, 7) is 15.4. The Morgan fingerprint density at radius 2 is 1.59 bits per heavy atom. The monoisotopic (exact) mass is 555 g/mol. The second-order valence-electron chi connectivity index (χ2n) is 11.8. The van der Waals surface area contributed by atoms with Crippen LogP contribution in [0.15, 0.2) is 48.5 Å². The predicted molar refractivity (Wildman–Crippen MR) is 160 cm³/mol. The van der Waals surface area contributed by atoms with Crippen molar-refractivity contribution in [2.75, 3.05) is 12.0 Å². The van der Waals surface area contributed by atoms with Crippen molar-refractivity contribution in [2.24, 2.45) is 0 Å². The second kappa shape index (κ2) is 13.9. The maximum Gasteiger partial charge on any atom is 0.408 e. The Kier molecular flexibility index (Phi) is 11.5. The number of hydrogen-bond acceptors (Lipinski definition) is 5. The summed E-state index contributed by atoms with van der Waals surface area (Å²) in [7, 11) is 0. The van der Waals surface area contributed by atoms with Crippen LogP contribution in [0.1, 0.15) is 76.3 Å². The van der Waals surface area contributed by atoms with E-state index in [1.54, 1.807) is 37.4 Å². The average Bonchev–Trinajstić information content (AvgIpc) is 2.84. The Bertz CT molecular complexity index is 1120. The first-order valence-corrected chi connectivity index (χ1v) is 14.7. The number of thioether (sulfide) groups is 1. The minimum Gasteiger partial charge on any atom is -0.444 e. The zero-order chi connectivity index (χ0) is 29.4. The fraction of sp³-hybridized carbons (Fsp3) is 0.516. The van der Waals surface area contributed by atoms with E-state index in [0.29, 0.717) is 18.7 Å². The molecule has 2 aromatic rings. The summed E-state index contributed by atoms with van der Waals surface area (Å²) in [5.74, 6) is 0.0401. The van der Waals surface area contributed by atoms with Crippen LogP contribution in [0.3, 0.4) is 0 Å². The number of nitrogens with one attached hydrogen (secondary N) is 2. The average molecular weight is 556 g/mol. The molecule has 214 valence electrons. The molecule has 0 aromatic heterocycles. The van der Waals surface area contributed by atoms with E-state index in [-0.39, 0.29) is 11.8 Å². The number of carbonyl (C=O) groups excluding carboxylic acids is 3. The van der Waals surface area contributed by atoms with E-state index >= 15 is 0 Å². The molecule has 39 heavy (non-hydrogen) atoms. The molecule has 0 aliphatic carbocycles. The van der Waals surface area contributed by atoms with Gasteiger partial charge in [0.25, 0.3) is 0 Å². The van der Waals surface area contributed by atoms with Gasteiger partial charge in [-0.15, -0.1) is 0 Å². The van der Waals surface area contributed by atoms with Gasteiger partial charge in [-0.3, -0.25) is 9.59 Å². The van der Waals surface area contributed by atoms with Gasteiger partial charge < -0.3 is 20.3 Å². The van der Waals surface area contributed by atoms with Gasteiger partial charge in [0.15, 0.2) is 0 Å². The number of hydrogen-bond donors (Lipinski definition) is 2. The number of rotatable bonds is 10. The summed E-state index contributed by atoms with van der Waals surface area (Å²) in [6.07, 6.45) is 1.69. The van der Waals surface area contributed by atoms with Gasteiger partial charge in [-0.1, -0.05) is 48.5 Å². The first kappa shape index (κ1) is 32.2. The molecule has 2 rings (SSSR count). The molecule has 0 saturated carbocycles. The van der Waals surface area contributed by atoms with E-state index in [9.17, 15) is 14.4 Å². The normalized spacial score (nSPS) is 13.3. The van der Waals surface area contributed by atoms with Crippen LogP contribution in [-0.4, -0.2) is 52.0 Å². The highest BCUT2D eigenvalue weighted by Crippen LogP contribution is 2.33. The van der Waals surface area contributed by atoms with Gasteiger partial charge in [0, 0.05) is 12.1 Å². The third kappa shape index (κ3) is 9.60. The van der Waals surface area contributed by atoms with E-state index < -0.39 is 29.3 Å². The Labute approximate surface area is 238 Å². The number of alkyl carbamates (subject to hydrolysis) is 1. The van der Waals surface area contributed by atoms with Gasteiger partial charge >= 0.3 is 6.09 Å². The van der Waals surface area contributed by atoms with E-state index in [4.69, 9.17) is 4.74 Å². The summed E-state index contributed by atoms with van der Waals surface area (Å²) < 4.78 is 5.47. The van der Waals surface area contributed by atoms with Crippen molar-refractivity contribution in [3.63, 3.8) is 0 Å². The molecule has 2 N–H and O–H groups in total. The van der Waals surface area contributed by atoms with Crippen molar-refractivity contribution in [1.82, 2.24) is 15.5 Å². The Hall–Kier alpha value is -3.00. The molecule has 0 heterocycles. The number of amides is 3. The molecule has 0 fully saturated rings. The summed E-state index contributed by atoms with van der Waals surface area (Å²) in [5.41, 5.74) is 2.24. The zero-order valence-corrected chi connectivity index (χ0v) is 25.7. The lowest BCUT2D eigenvalue weighted by molar-refractivity contribution is -0.148. The van der Waals surface area contributed by atoms with E-state index in [2.05, 4.69) is 10.6 Å². The minimum absolute atomic E-state index is 0.281. The summed E-state index contributed by atoms with van der Waals surface area (Å²) in [5, 5.41) is 5.85. The van der Waals surface area contributed by atoms with Crippen molar-refractivity contribution in [2.45, 2.75) is 91.6 Å². The number of nitrogens with zero attached hydrogens (tertiary/aromatic N) is 1. The molecule has 7 nitrogen and oxygen atoms in total. The van der Waals surface area contributed by atoms with Crippen molar-refractivity contribution < 1.29 is 19.1 Å². The third-order valence-electron chi connectivity index (χ3n) is 6.32. The fourth-order valence-corrected chi connectivity index (χ4v) is 4.78. The molecule has 2 unspecified atom stereocenters. The van der Waals surface area contributed by atoms with Crippen LogP contribution in [0.4, 0.5) is 4.79 Å². The molecule has 2 atom stereocenters. The van der Waals surface area contributed by atoms with Crippen LogP contribution < -0.4 is 10.6 Å². The third-order valence-corrected chi connectivity index (χ3v) is 6.96. The second-order valence-corrected chi connectivity index (χ2v) is 12.7. The summed E-state index contributed by atoms with van der Waals surface area (Å²) in [6, 6.07) is 13.7. The van der Waals surface area contributed by atoms with Gasteiger partial charge in [0.2, 0.25) is 11.8 Å². The number of carbonyl (C=O) groups is 3. The van der Waals surface area contributed by atoms with Crippen LogP contribution in [0.5, 0.6) is 0 Å². The van der Waals surface area contributed by atoms with Gasteiger partial charge in [-0.25, -0.2) is 4.79 Å². The lowest BCUT2D eigenvalue weighted by Crippen LogP contribution is -2.58. The Morgan fingerprint density at radius 1 is 0.949 bits per heavy atom. The molecule has 0 radical (unpaired) electrons. The largest absolute Gasteiger partial charge is 0.444 e. The van der Waals surface area contributed by atoms with Crippen molar-refractivity contribution in [3.05, 3.63) is 70.8 Å². The van der Waals surface area contributed by atoms with Crippen LogP contribution in [0, 0.1) is 13.8 Å². The highest BCUT2D eigenvalue weighted by atomic mass is 32.2. The summed E-state index contributed by atoms with van der Waals surface area (Å²) in [4.78, 5) is 42.7. The number of benzene rings is 2. The maximum absolute atomic E-state index is 14.4. The molecule has 3 amide bonds. The van der Waals surface area contributed by atoms with Gasteiger partial charge in [-0.2, -0.15) is 11.8 Å². The molecule has 0 aliphatic heterocycles. The van der Waals surface area contributed by atoms with Crippen LogP contribution in [0.25, 0.3) is 0 Å². The highest BCUT2D eigenvalue weighted by Gasteiger charge is 2.42. The first-order chi connectivity index (χ1) is 18.2. The van der Waals surface area contributed by atoms with E-state index in [1.807, 2.05) is 89.4 Å². The molecule has 8 heteroatoms. The number of ether oxygens (including phenoxy) is 1. The van der Waals surface area contributed by atoms with Crippen LogP contribution in [-0.2, 0) is 20.9 Å². The lowest BCUT2D eigenvalue weighted by atomic mass is 9.91. The van der Waals surface area contributed by atoms with Crippen LogP contribution >= 0.6 is 11.8 Å². The van der Waals surface area contributed by atoms with E-state index in [1.165, 1.54) is 0 Å². The molecule has 0 saturated heterocycles. The van der Waals surface area contributed by atoms with Crippen molar-refractivity contribution >= 4 is 29.7 Å². The maximum atomic E-state index is 14.4. The SMILES string of the molecule is CSCCC(NC(=O)OC(C)(C)C)C(=O)N(C(C(=O)NCc1ccccc1)c1cccc(C)c1C)C(C)(C)C. The van der Waals surface area contributed by atoms with Gasteiger partial charge in [-0.05, 0) is 96.1 Å². The minimum atomic E-state index is -0.904. The lowest BCUT2D eigenvalue weighted by Gasteiger charge is -2.43. The topological polar surface area (TPSA) is 87.7 Å². The molecular weight excluding hydrogens is 510 g/mol. The zero-order valence-electron chi connectivity index (χ0n) is 24.9. The van der Waals surface area contributed by atoms with Crippen LogP contribution in [0.2, 0.25) is 0 Å². The molecule has 0 bridgehead atoms. The predicted octanol–water partition coefficient (Wildman–Crippen LogP) is 5.93. The molecule has 0 aliphatic rings. The first-order valence-electron chi connectivity index (χ1n) is 13.3. The van der Waals surface area contributed by atoms with Gasteiger partial charge in [0.05, 0.1) is 0 Å². The molecular formula is C31H45N3O4S. The van der Waals surface area contributed by atoms with Crippen molar-refractivity contribution in [1.29, 1.82) is 0 Å². The Morgan fingerprint density at radius 3 is 2.15 bits per heavy atom. The smallest absolute Gasteiger partial charge is 0.408 e.